The number of hydrogen-bond donors (Lipinski definition) is 1. The summed E-state index contributed by atoms with van der Waals surface area (Å²) in [6, 6.07) is 0.476. The van der Waals surface area contributed by atoms with Crippen molar-refractivity contribution < 1.29 is 0 Å². The van der Waals surface area contributed by atoms with Crippen LogP contribution in [0.25, 0.3) is 0 Å². The Labute approximate surface area is 77.7 Å². The Morgan fingerprint density at radius 3 is 3.46 bits per heavy atom. The van der Waals surface area contributed by atoms with Gasteiger partial charge in [-0.15, -0.1) is 0 Å². The van der Waals surface area contributed by atoms with E-state index in [1.54, 1.807) is 0 Å². The maximum atomic E-state index is 4.60. The van der Waals surface area contributed by atoms with Crippen molar-refractivity contribution in [2.45, 2.75) is 12.5 Å². The van der Waals surface area contributed by atoms with E-state index in [0.717, 1.165) is 19.5 Å². The highest BCUT2D eigenvalue weighted by Gasteiger charge is 2.27. The van der Waals surface area contributed by atoms with E-state index < -0.39 is 0 Å². The van der Waals surface area contributed by atoms with E-state index in [1.165, 1.54) is 16.9 Å². The van der Waals surface area contributed by atoms with Crippen LogP contribution < -0.4 is 5.32 Å². The van der Waals surface area contributed by atoms with Crippen LogP contribution >= 0.6 is 0 Å². The van der Waals surface area contributed by atoms with Crippen LogP contribution in [0.15, 0.2) is 40.4 Å². The normalized spacial score (nSPS) is 30.2. The first-order valence-corrected chi connectivity index (χ1v) is 4.82. The molecule has 3 rings (SSSR count). The van der Waals surface area contributed by atoms with E-state index in [9.17, 15) is 0 Å². The Hall–Kier alpha value is -1.15. The predicted octanol–water partition coefficient (Wildman–Crippen LogP) is 1.23. The molecule has 3 aliphatic rings. The minimum atomic E-state index is 0.476. The lowest BCUT2D eigenvalue weighted by Crippen LogP contribution is -2.44. The molecule has 0 saturated carbocycles. The van der Waals surface area contributed by atoms with Gasteiger partial charge in [0.2, 0.25) is 0 Å². The summed E-state index contributed by atoms with van der Waals surface area (Å²) in [4.78, 5) is 4.60. The van der Waals surface area contributed by atoms with Crippen molar-refractivity contribution in [3.8, 4) is 0 Å². The summed E-state index contributed by atoms with van der Waals surface area (Å²) < 4.78 is 0. The summed E-state index contributed by atoms with van der Waals surface area (Å²) in [5, 5.41) is 3.49. The van der Waals surface area contributed by atoms with Crippen molar-refractivity contribution in [1.82, 2.24) is 5.32 Å². The van der Waals surface area contributed by atoms with Crippen LogP contribution in [0.1, 0.15) is 6.42 Å². The van der Waals surface area contributed by atoms with E-state index >= 15 is 0 Å². The molecular formula is C11H12N2. The molecule has 0 bridgehead atoms. The summed E-state index contributed by atoms with van der Waals surface area (Å²) in [5.41, 5.74) is 3.97. The first-order valence-electron chi connectivity index (χ1n) is 4.82. The second kappa shape index (κ2) is 2.67. The van der Waals surface area contributed by atoms with Gasteiger partial charge in [0.15, 0.2) is 0 Å². The third kappa shape index (κ3) is 1.02. The summed E-state index contributed by atoms with van der Waals surface area (Å²) in [6.07, 6.45) is 9.85. The van der Waals surface area contributed by atoms with Gasteiger partial charge in [0.1, 0.15) is 0 Å². The molecule has 2 aliphatic carbocycles. The van der Waals surface area contributed by atoms with Crippen LogP contribution in [0, 0.1) is 0 Å². The third-order valence-corrected chi connectivity index (χ3v) is 2.81. The van der Waals surface area contributed by atoms with Crippen LogP contribution in [-0.2, 0) is 0 Å². The molecule has 0 spiro atoms. The fourth-order valence-corrected chi connectivity index (χ4v) is 2.18. The number of rotatable bonds is 0. The molecular weight excluding hydrogens is 160 g/mol. The zero-order valence-electron chi connectivity index (χ0n) is 7.46. The van der Waals surface area contributed by atoms with Gasteiger partial charge < -0.3 is 5.32 Å². The fourth-order valence-electron chi connectivity index (χ4n) is 2.18. The number of allylic oxidation sites excluding steroid dienone is 4. The van der Waals surface area contributed by atoms with Crippen LogP contribution in [0.5, 0.6) is 0 Å². The lowest BCUT2D eigenvalue weighted by molar-refractivity contribution is 0.597. The van der Waals surface area contributed by atoms with Gasteiger partial charge in [0, 0.05) is 12.1 Å². The SMILES string of the molecule is C1=CC2=CCC3NCCN=C3C2=C1. The Kier molecular flexibility index (Phi) is 1.49. The van der Waals surface area contributed by atoms with E-state index in [2.05, 4.69) is 34.6 Å². The lowest BCUT2D eigenvalue weighted by atomic mass is 9.89. The maximum Gasteiger partial charge on any atom is 0.0599 e. The van der Waals surface area contributed by atoms with Crippen LogP contribution in [-0.4, -0.2) is 24.8 Å². The highest BCUT2D eigenvalue weighted by molar-refractivity contribution is 6.10. The summed E-state index contributed by atoms with van der Waals surface area (Å²) in [7, 11) is 0. The van der Waals surface area contributed by atoms with Gasteiger partial charge in [-0.2, -0.15) is 0 Å². The van der Waals surface area contributed by atoms with Crippen LogP contribution in [0.3, 0.4) is 0 Å². The molecule has 0 aromatic carbocycles. The molecule has 1 atom stereocenters. The average Bonchev–Trinajstić information content (AvgIpc) is 2.65. The van der Waals surface area contributed by atoms with Crippen molar-refractivity contribution in [2.75, 3.05) is 13.1 Å². The Bertz CT molecular complexity index is 358. The van der Waals surface area contributed by atoms with Crippen molar-refractivity contribution in [3.05, 3.63) is 35.5 Å². The predicted molar refractivity (Wildman–Crippen MR) is 54.0 cm³/mol. The monoisotopic (exact) mass is 172 g/mol. The quantitative estimate of drug-likeness (QED) is 0.584. The number of fused-ring (bicyclic) bond motifs is 3. The van der Waals surface area contributed by atoms with Gasteiger partial charge in [0.05, 0.1) is 18.3 Å². The second-order valence-electron chi connectivity index (χ2n) is 3.61. The van der Waals surface area contributed by atoms with Crippen molar-refractivity contribution in [2.24, 2.45) is 4.99 Å². The van der Waals surface area contributed by atoms with Crippen LogP contribution in [0.2, 0.25) is 0 Å². The van der Waals surface area contributed by atoms with Gasteiger partial charge in [-0.25, -0.2) is 0 Å². The molecule has 13 heavy (non-hydrogen) atoms. The molecule has 2 nitrogen and oxygen atoms in total. The number of nitrogens with one attached hydrogen (secondary N) is 1. The second-order valence-corrected chi connectivity index (χ2v) is 3.61. The first-order chi connectivity index (χ1) is 6.45. The summed E-state index contributed by atoms with van der Waals surface area (Å²) in [5.74, 6) is 0. The highest BCUT2D eigenvalue weighted by Crippen LogP contribution is 2.28. The van der Waals surface area contributed by atoms with E-state index in [-0.39, 0.29) is 0 Å². The molecule has 0 saturated heterocycles. The van der Waals surface area contributed by atoms with E-state index in [1.807, 2.05) is 0 Å². The third-order valence-electron chi connectivity index (χ3n) is 2.81. The molecule has 0 radical (unpaired) electrons. The standard InChI is InChI=1S/C11H12N2/c1-2-8-4-5-10-11(9(8)3-1)13-7-6-12-10/h1-4,10,12H,5-7H2. The largest absolute Gasteiger partial charge is 0.307 e. The van der Waals surface area contributed by atoms with Gasteiger partial charge in [-0.05, 0) is 12.0 Å². The fraction of sp³-hybridized carbons (Fsp3) is 0.364. The van der Waals surface area contributed by atoms with E-state index in [0.29, 0.717) is 6.04 Å². The maximum absolute atomic E-state index is 4.60. The van der Waals surface area contributed by atoms with E-state index in [4.69, 9.17) is 0 Å². The minimum Gasteiger partial charge on any atom is -0.307 e. The topological polar surface area (TPSA) is 24.4 Å². The average molecular weight is 172 g/mol. The molecule has 1 unspecified atom stereocenters. The molecule has 1 aliphatic heterocycles. The summed E-state index contributed by atoms with van der Waals surface area (Å²) in [6.45, 7) is 1.95. The Morgan fingerprint density at radius 2 is 2.46 bits per heavy atom. The minimum absolute atomic E-state index is 0.476. The molecule has 0 amide bonds. The number of aliphatic imine (C=N–C) groups is 1. The first kappa shape index (κ1) is 7.27. The van der Waals surface area contributed by atoms with Crippen molar-refractivity contribution in [3.63, 3.8) is 0 Å². The molecule has 0 fully saturated rings. The van der Waals surface area contributed by atoms with Gasteiger partial charge in [0.25, 0.3) is 0 Å². The highest BCUT2D eigenvalue weighted by atomic mass is 15.0. The number of nitrogens with zero attached hydrogens (tertiary/aromatic N) is 1. The molecule has 1 heterocycles. The molecule has 0 aromatic rings. The van der Waals surface area contributed by atoms with Gasteiger partial charge in [-0.1, -0.05) is 24.3 Å². The zero-order chi connectivity index (χ0) is 8.67. The smallest absolute Gasteiger partial charge is 0.0599 e. The molecule has 2 heteroatoms. The lowest BCUT2D eigenvalue weighted by Gasteiger charge is -2.28. The van der Waals surface area contributed by atoms with Crippen LogP contribution in [0.4, 0.5) is 0 Å². The van der Waals surface area contributed by atoms with Gasteiger partial charge in [-0.3, -0.25) is 4.99 Å². The Morgan fingerprint density at radius 1 is 1.46 bits per heavy atom. The Balaban J connectivity index is 2.07. The van der Waals surface area contributed by atoms with Gasteiger partial charge >= 0.3 is 0 Å². The van der Waals surface area contributed by atoms with Crippen molar-refractivity contribution in [1.29, 1.82) is 0 Å². The molecule has 0 aromatic heterocycles. The number of hydrogen-bond acceptors (Lipinski definition) is 2. The molecule has 66 valence electrons. The zero-order valence-corrected chi connectivity index (χ0v) is 7.46. The van der Waals surface area contributed by atoms with Crippen molar-refractivity contribution >= 4 is 5.71 Å². The molecule has 1 N–H and O–H groups in total. The summed E-state index contributed by atoms with van der Waals surface area (Å²) >= 11 is 0.